The third-order valence-electron chi connectivity index (χ3n) is 8.02. The van der Waals surface area contributed by atoms with Crippen molar-refractivity contribution in [1.29, 1.82) is 0 Å². The number of piperazine rings is 1. The van der Waals surface area contributed by atoms with E-state index in [1.165, 1.54) is 11.8 Å². The number of furan rings is 1. The molecule has 4 heterocycles. The zero-order valence-electron chi connectivity index (χ0n) is 24.9. The molecular weight excluding hydrogens is 606 g/mol. The summed E-state index contributed by atoms with van der Waals surface area (Å²) in [4.78, 5) is 48.7. The summed E-state index contributed by atoms with van der Waals surface area (Å²) >= 11 is 1.17. The molecule has 5 aromatic rings. The third kappa shape index (κ3) is 6.29. The Morgan fingerprint density at radius 2 is 1.65 bits per heavy atom. The van der Waals surface area contributed by atoms with Crippen LogP contribution in [0.2, 0.25) is 0 Å². The number of hydrogen-bond acceptors (Lipinski definition) is 9. The Bertz CT molecular complexity index is 1920. The lowest BCUT2D eigenvalue weighted by atomic mass is 10.1. The topological polar surface area (TPSA) is 119 Å². The second-order valence-electron chi connectivity index (χ2n) is 11.0. The highest BCUT2D eigenvalue weighted by molar-refractivity contribution is 7.99. The predicted molar refractivity (Wildman–Crippen MR) is 174 cm³/mol. The van der Waals surface area contributed by atoms with E-state index in [1.807, 2.05) is 35.2 Å². The number of benzene rings is 3. The van der Waals surface area contributed by atoms with E-state index in [9.17, 15) is 14.4 Å². The standard InChI is InChI=1S/C34H31N5O6S/c40-31(35-19-26-7-4-16-43-26)21-46-34-36-28-18-30-29(44-22-45-30)17-27(28)33(42)39(34)20-23-8-10-24(11-9-23)32(41)38-14-12-37(13-15-38)25-5-2-1-3-6-25/h1-11,16-18H,12-15,19-22H2,(H,35,40). The van der Waals surface area contributed by atoms with Crippen LogP contribution in [0, 0.1) is 0 Å². The maximum absolute atomic E-state index is 13.8. The van der Waals surface area contributed by atoms with Crippen molar-refractivity contribution in [2.75, 3.05) is 43.6 Å². The van der Waals surface area contributed by atoms with Crippen LogP contribution < -0.4 is 25.2 Å². The van der Waals surface area contributed by atoms with E-state index < -0.39 is 0 Å². The molecule has 0 bridgehead atoms. The maximum atomic E-state index is 13.8. The summed E-state index contributed by atoms with van der Waals surface area (Å²) < 4.78 is 17.8. The highest BCUT2D eigenvalue weighted by atomic mass is 32.2. The van der Waals surface area contributed by atoms with E-state index in [-0.39, 0.29) is 43.0 Å². The molecule has 1 fully saturated rings. The van der Waals surface area contributed by atoms with Crippen LogP contribution in [0.4, 0.5) is 5.69 Å². The highest BCUT2D eigenvalue weighted by Crippen LogP contribution is 2.35. The number of anilines is 1. The molecule has 0 unspecified atom stereocenters. The average Bonchev–Trinajstić information content (AvgIpc) is 3.80. The fourth-order valence-corrected chi connectivity index (χ4v) is 6.37. The van der Waals surface area contributed by atoms with Crippen LogP contribution in [-0.4, -0.2) is 65.0 Å². The van der Waals surface area contributed by atoms with Gasteiger partial charge in [-0.05, 0) is 48.0 Å². The van der Waals surface area contributed by atoms with Gasteiger partial charge in [-0.3, -0.25) is 19.0 Å². The lowest BCUT2D eigenvalue weighted by molar-refractivity contribution is -0.118. The van der Waals surface area contributed by atoms with Gasteiger partial charge in [0.25, 0.3) is 11.5 Å². The molecular formula is C34H31N5O6S. The van der Waals surface area contributed by atoms with E-state index in [2.05, 4.69) is 22.3 Å². The first kappa shape index (κ1) is 29.5. The van der Waals surface area contributed by atoms with Crippen LogP contribution in [0.25, 0.3) is 10.9 Å². The number of rotatable bonds is 9. The molecule has 0 aliphatic carbocycles. The average molecular weight is 638 g/mol. The van der Waals surface area contributed by atoms with Crippen LogP contribution in [0.5, 0.6) is 11.5 Å². The van der Waals surface area contributed by atoms with Gasteiger partial charge in [0.2, 0.25) is 12.7 Å². The van der Waals surface area contributed by atoms with Crippen LogP contribution in [0.3, 0.4) is 0 Å². The molecule has 2 amide bonds. The van der Waals surface area contributed by atoms with Gasteiger partial charge in [0.15, 0.2) is 16.7 Å². The monoisotopic (exact) mass is 637 g/mol. The number of ether oxygens (including phenoxy) is 2. The summed E-state index contributed by atoms with van der Waals surface area (Å²) in [7, 11) is 0. The summed E-state index contributed by atoms with van der Waals surface area (Å²) in [6.45, 7) is 3.37. The molecule has 11 nitrogen and oxygen atoms in total. The predicted octanol–water partition coefficient (Wildman–Crippen LogP) is 4.14. The summed E-state index contributed by atoms with van der Waals surface area (Å²) in [6.07, 6.45) is 1.55. The van der Waals surface area contributed by atoms with E-state index in [4.69, 9.17) is 18.9 Å². The molecule has 0 spiro atoms. The lowest BCUT2D eigenvalue weighted by Crippen LogP contribution is -2.48. The van der Waals surface area contributed by atoms with E-state index in [0.29, 0.717) is 52.0 Å². The summed E-state index contributed by atoms with van der Waals surface area (Å²) in [5.41, 5.74) is 2.76. The first-order valence-electron chi connectivity index (χ1n) is 15.0. The molecule has 12 heteroatoms. The Hall–Kier alpha value is -5.23. The number of carbonyl (C=O) groups excluding carboxylic acids is 2. The van der Waals surface area contributed by atoms with Crippen molar-refractivity contribution in [3.63, 3.8) is 0 Å². The van der Waals surface area contributed by atoms with Crippen molar-refractivity contribution < 1.29 is 23.5 Å². The summed E-state index contributed by atoms with van der Waals surface area (Å²) in [5.74, 6) is 1.46. The molecule has 0 saturated carbocycles. The molecule has 1 N–H and O–H groups in total. The van der Waals surface area contributed by atoms with Crippen molar-refractivity contribution in [3.05, 3.63) is 112 Å². The minimum Gasteiger partial charge on any atom is -0.467 e. The molecule has 234 valence electrons. The molecule has 1 saturated heterocycles. The first-order valence-corrected chi connectivity index (χ1v) is 15.9. The molecule has 2 aliphatic rings. The zero-order valence-corrected chi connectivity index (χ0v) is 25.7. The number of thioether (sulfide) groups is 1. The number of hydrogen-bond donors (Lipinski definition) is 1. The number of amides is 2. The number of nitrogens with zero attached hydrogens (tertiary/aromatic N) is 4. The molecule has 2 aromatic heterocycles. The zero-order chi connectivity index (χ0) is 31.5. The normalized spacial score (nSPS) is 14.1. The fraction of sp³-hybridized carbons (Fsp3) is 0.235. The molecule has 7 rings (SSSR count). The van der Waals surface area contributed by atoms with Crippen molar-refractivity contribution in [3.8, 4) is 11.5 Å². The second-order valence-corrected chi connectivity index (χ2v) is 11.9. The van der Waals surface area contributed by atoms with Gasteiger partial charge in [-0.2, -0.15) is 0 Å². The second kappa shape index (κ2) is 13.0. The third-order valence-corrected chi connectivity index (χ3v) is 8.99. The highest BCUT2D eigenvalue weighted by Gasteiger charge is 2.23. The van der Waals surface area contributed by atoms with Crippen molar-refractivity contribution in [2.45, 2.75) is 18.2 Å². The van der Waals surface area contributed by atoms with Crippen molar-refractivity contribution >= 4 is 40.2 Å². The minimum absolute atomic E-state index is 0.0170. The van der Waals surface area contributed by atoms with Crippen LogP contribution >= 0.6 is 11.8 Å². The van der Waals surface area contributed by atoms with Gasteiger partial charge < -0.3 is 29.0 Å². The Kier molecular flexibility index (Phi) is 8.34. The Balaban J connectivity index is 1.07. The Labute approximate surface area is 268 Å². The summed E-state index contributed by atoms with van der Waals surface area (Å²) in [6, 6.07) is 24.4. The number of carbonyl (C=O) groups is 2. The Morgan fingerprint density at radius 3 is 2.39 bits per heavy atom. The number of nitrogens with one attached hydrogen (secondary N) is 1. The van der Waals surface area contributed by atoms with Gasteiger partial charge >= 0.3 is 0 Å². The fourth-order valence-electron chi connectivity index (χ4n) is 5.54. The number of aromatic nitrogens is 2. The quantitative estimate of drug-likeness (QED) is 0.188. The van der Waals surface area contributed by atoms with Crippen molar-refractivity contribution in [2.24, 2.45) is 0 Å². The van der Waals surface area contributed by atoms with Crippen LogP contribution in [0.1, 0.15) is 21.7 Å². The molecule has 46 heavy (non-hydrogen) atoms. The largest absolute Gasteiger partial charge is 0.467 e. The van der Waals surface area contributed by atoms with Gasteiger partial charge in [-0.1, -0.05) is 42.1 Å². The Morgan fingerprint density at radius 1 is 0.891 bits per heavy atom. The van der Waals surface area contributed by atoms with E-state index >= 15 is 0 Å². The minimum atomic E-state index is -0.266. The smallest absolute Gasteiger partial charge is 0.262 e. The van der Waals surface area contributed by atoms with Crippen LogP contribution in [0.15, 0.2) is 99.5 Å². The van der Waals surface area contributed by atoms with Crippen LogP contribution in [-0.2, 0) is 17.9 Å². The van der Waals surface area contributed by atoms with Gasteiger partial charge in [0, 0.05) is 43.5 Å². The maximum Gasteiger partial charge on any atom is 0.262 e. The first-order chi connectivity index (χ1) is 22.5. The van der Waals surface area contributed by atoms with Gasteiger partial charge in [0.05, 0.1) is 36.0 Å². The van der Waals surface area contributed by atoms with E-state index in [1.54, 1.807) is 47.2 Å². The SMILES string of the molecule is O=C(CSc1nc2cc3c(cc2c(=O)n1Cc1ccc(C(=O)N2CCN(c4ccccc4)CC2)cc1)OCO3)NCc1ccco1. The number of fused-ring (bicyclic) bond motifs is 2. The van der Waals surface area contributed by atoms with Gasteiger partial charge in [-0.15, -0.1) is 0 Å². The summed E-state index contributed by atoms with van der Waals surface area (Å²) in [5, 5.41) is 3.60. The molecule has 0 radical (unpaired) electrons. The number of para-hydroxylation sites is 1. The van der Waals surface area contributed by atoms with Crippen molar-refractivity contribution in [1.82, 2.24) is 19.8 Å². The van der Waals surface area contributed by atoms with E-state index in [0.717, 1.165) is 24.3 Å². The molecule has 0 atom stereocenters. The lowest BCUT2D eigenvalue weighted by Gasteiger charge is -2.36. The van der Waals surface area contributed by atoms with Gasteiger partial charge in [0.1, 0.15) is 5.76 Å². The van der Waals surface area contributed by atoms with Gasteiger partial charge in [-0.25, -0.2) is 4.98 Å². The molecule has 3 aromatic carbocycles. The molecule has 2 aliphatic heterocycles.